The Hall–Kier alpha value is -1.00. The molecule has 0 aliphatic carbocycles. The fourth-order valence-electron chi connectivity index (χ4n) is 1.86. The zero-order valence-electron chi connectivity index (χ0n) is 10.00. The smallest absolute Gasteiger partial charge is 0.134 e. The molecule has 1 aromatic heterocycles. The van der Waals surface area contributed by atoms with Crippen molar-refractivity contribution in [1.29, 1.82) is 0 Å². The lowest BCUT2D eigenvalue weighted by molar-refractivity contribution is 0.464. The molecule has 0 aliphatic rings. The number of halogens is 1. The summed E-state index contributed by atoms with van der Waals surface area (Å²) >= 11 is 1.76. The maximum atomic E-state index is 13.1. The Morgan fingerprint density at radius 1 is 1.41 bits per heavy atom. The van der Waals surface area contributed by atoms with E-state index in [2.05, 4.69) is 18.5 Å². The summed E-state index contributed by atoms with van der Waals surface area (Å²) in [6.45, 7) is 2.95. The molecule has 2 nitrogen and oxygen atoms in total. The number of thioether (sulfide) groups is 1. The maximum absolute atomic E-state index is 13.1. The SMILES string of the molecule is CCNC(CSC)c1cc2cc(F)ccc2o1. The van der Waals surface area contributed by atoms with Crippen LogP contribution in [-0.2, 0) is 0 Å². The molecule has 1 N–H and O–H groups in total. The first kappa shape index (κ1) is 12.5. The summed E-state index contributed by atoms with van der Waals surface area (Å²) in [5.74, 6) is 1.59. The molecule has 0 amide bonds. The molecule has 2 rings (SSSR count). The van der Waals surface area contributed by atoms with Gasteiger partial charge in [-0.3, -0.25) is 0 Å². The lowest BCUT2D eigenvalue weighted by Gasteiger charge is -2.13. The van der Waals surface area contributed by atoms with Crippen LogP contribution in [0, 0.1) is 5.82 Å². The molecular weight excluding hydrogens is 237 g/mol. The summed E-state index contributed by atoms with van der Waals surface area (Å²) in [6, 6.07) is 6.71. The Labute approximate surface area is 105 Å². The average Bonchev–Trinajstić information content (AvgIpc) is 2.71. The van der Waals surface area contributed by atoms with E-state index >= 15 is 0 Å². The van der Waals surface area contributed by atoms with Gasteiger partial charge in [0, 0.05) is 11.1 Å². The number of hydrogen-bond acceptors (Lipinski definition) is 3. The fraction of sp³-hybridized carbons (Fsp3) is 0.385. The summed E-state index contributed by atoms with van der Waals surface area (Å²) in [5, 5.41) is 4.19. The Bertz CT molecular complexity index is 491. The second kappa shape index (κ2) is 5.56. The van der Waals surface area contributed by atoms with Crippen LogP contribution >= 0.6 is 11.8 Å². The molecule has 0 fully saturated rings. The summed E-state index contributed by atoms with van der Waals surface area (Å²) in [6.07, 6.45) is 2.06. The van der Waals surface area contributed by atoms with Crippen LogP contribution in [0.1, 0.15) is 18.7 Å². The van der Waals surface area contributed by atoms with Gasteiger partial charge in [-0.2, -0.15) is 11.8 Å². The summed E-state index contributed by atoms with van der Waals surface area (Å²) in [7, 11) is 0. The monoisotopic (exact) mass is 253 g/mol. The number of furan rings is 1. The van der Waals surface area contributed by atoms with Crippen molar-refractivity contribution in [2.75, 3.05) is 18.6 Å². The van der Waals surface area contributed by atoms with E-state index in [0.717, 1.165) is 29.0 Å². The van der Waals surface area contributed by atoms with E-state index in [1.807, 2.05) is 6.07 Å². The Morgan fingerprint density at radius 3 is 2.94 bits per heavy atom. The minimum atomic E-state index is -0.227. The molecule has 0 aliphatic heterocycles. The van der Waals surface area contributed by atoms with Gasteiger partial charge in [0.2, 0.25) is 0 Å². The van der Waals surface area contributed by atoms with Crippen LogP contribution in [0.2, 0.25) is 0 Å². The van der Waals surface area contributed by atoms with E-state index < -0.39 is 0 Å². The van der Waals surface area contributed by atoms with Gasteiger partial charge in [0.05, 0.1) is 6.04 Å². The normalized spacial score (nSPS) is 13.1. The molecule has 17 heavy (non-hydrogen) atoms. The van der Waals surface area contributed by atoms with Crippen molar-refractivity contribution in [2.24, 2.45) is 0 Å². The molecule has 0 radical (unpaired) electrons. The van der Waals surface area contributed by atoms with Crippen molar-refractivity contribution >= 4 is 22.7 Å². The van der Waals surface area contributed by atoms with Crippen molar-refractivity contribution in [3.63, 3.8) is 0 Å². The van der Waals surface area contributed by atoms with Crippen molar-refractivity contribution in [3.05, 3.63) is 35.8 Å². The molecule has 0 spiro atoms. The largest absolute Gasteiger partial charge is 0.459 e. The molecule has 1 aromatic carbocycles. The van der Waals surface area contributed by atoms with Crippen LogP contribution in [0.15, 0.2) is 28.7 Å². The molecule has 1 atom stereocenters. The van der Waals surface area contributed by atoms with Gasteiger partial charge >= 0.3 is 0 Å². The highest BCUT2D eigenvalue weighted by Gasteiger charge is 2.14. The Morgan fingerprint density at radius 2 is 2.24 bits per heavy atom. The zero-order valence-corrected chi connectivity index (χ0v) is 10.8. The van der Waals surface area contributed by atoms with E-state index in [9.17, 15) is 4.39 Å². The van der Waals surface area contributed by atoms with Gasteiger partial charge < -0.3 is 9.73 Å². The van der Waals surface area contributed by atoms with E-state index in [0.29, 0.717) is 0 Å². The summed E-state index contributed by atoms with van der Waals surface area (Å²) in [5.41, 5.74) is 0.741. The highest BCUT2D eigenvalue weighted by atomic mass is 32.2. The van der Waals surface area contributed by atoms with Crippen molar-refractivity contribution in [3.8, 4) is 0 Å². The Balaban J connectivity index is 2.33. The quantitative estimate of drug-likeness (QED) is 0.881. The third-order valence-electron chi connectivity index (χ3n) is 2.62. The molecule has 0 saturated carbocycles. The molecule has 1 unspecified atom stereocenters. The van der Waals surface area contributed by atoms with Crippen LogP contribution in [0.5, 0.6) is 0 Å². The highest BCUT2D eigenvalue weighted by Crippen LogP contribution is 2.26. The predicted octanol–water partition coefficient (Wildman–Crippen LogP) is 3.59. The standard InChI is InChI=1S/C13H16FNOS/c1-3-15-11(8-17-2)13-7-9-6-10(14)4-5-12(9)16-13/h4-7,11,15H,3,8H2,1-2H3. The fourth-order valence-corrected chi connectivity index (χ4v) is 2.48. The van der Waals surface area contributed by atoms with Crippen molar-refractivity contribution < 1.29 is 8.81 Å². The molecule has 1 heterocycles. The van der Waals surface area contributed by atoms with Gasteiger partial charge in [0.1, 0.15) is 17.2 Å². The number of nitrogens with one attached hydrogen (secondary N) is 1. The van der Waals surface area contributed by atoms with E-state index in [4.69, 9.17) is 4.42 Å². The molecule has 2 aromatic rings. The van der Waals surface area contributed by atoms with E-state index in [-0.39, 0.29) is 11.9 Å². The van der Waals surface area contributed by atoms with Gasteiger partial charge in [-0.25, -0.2) is 4.39 Å². The van der Waals surface area contributed by atoms with Crippen molar-refractivity contribution in [1.82, 2.24) is 5.32 Å². The van der Waals surface area contributed by atoms with Crippen molar-refractivity contribution in [2.45, 2.75) is 13.0 Å². The van der Waals surface area contributed by atoms with Crippen LogP contribution in [0.25, 0.3) is 11.0 Å². The van der Waals surface area contributed by atoms with E-state index in [1.165, 1.54) is 12.1 Å². The van der Waals surface area contributed by atoms with Crippen LogP contribution < -0.4 is 5.32 Å². The van der Waals surface area contributed by atoms with Gasteiger partial charge in [-0.15, -0.1) is 0 Å². The number of rotatable bonds is 5. The lowest BCUT2D eigenvalue weighted by atomic mass is 10.2. The predicted molar refractivity (Wildman–Crippen MR) is 71.0 cm³/mol. The molecule has 4 heteroatoms. The van der Waals surface area contributed by atoms with Crippen LogP contribution in [-0.4, -0.2) is 18.6 Å². The van der Waals surface area contributed by atoms with Crippen LogP contribution in [0.4, 0.5) is 4.39 Å². The van der Waals surface area contributed by atoms with Gasteiger partial charge in [-0.1, -0.05) is 6.92 Å². The zero-order chi connectivity index (χ0) is 12.3. The lowest BCUT2D eigenvalue weighted by Crippen LogP contribution is -2.22. The summed E-state index contributed by atoms with van der Waals surface area (Å²) in [4.78, 5) is 0. The van der Waals surface area contributed by atoms with E-state index in [1.54, 1.807) is 17.8 Å². The third-order valence-corrected chi connectivity index (χ3v) is 3.29. The number of benzene rings is 1. The second-order valence-corrected chi connectivity index (χ2v) is 4.81. The van der Waals surface area contributed by atoms with Crippen LogP contribution in [0.3, 0.4) is 0 Å². The Kier molecular flexibility index (Phi) is 4.07. The molecular formula is C13H16FNOS. The molecule has 0 saturated heterocycles. The second-order valence-electron chi connectivity index (χ2n) is 3.90. The minimum Gasteiger partial charge on any atom is -0.459 e. The molecule has 0 bridgehead atoms. The summed E-state index contributed by atoms with van der Waals surface area (Å²) < 4.78 is 18.8. The third kappa shape index (κ3) is 2.82. The molecule has 92 valence electrons. The van der Waals surface area contributed by atoms with Gasteiger partial charge in [-0.05, 0) is 37.1 Å². The number of hydrogen-bond donors (Lipinski definition) is 1. The van der Waals surface area contributed by atoms with Gasteiger partial charge in [0.15, 0.2) is 0 Å². The topological polar surface area (TPSA) is 25.2 Å². The number of fused-ring (bicyclic) bond motifs is 1. The first-order valence-corrected chi connectivity index (χ1v) is 7.05. The first-order chi connectivity index (χ1) is 8.24. The first-order valence-electron chi connectivity index (χ1n) is 5.66. The van der Waals surface area contributed by atoms with Gasteiger partial charge in [0.25, 0.3) is 0 Å². The highest BCUT2D eigenvalue weighted by molar-refractivity contribution is 7.98. The maximum Gasteiger partial charge on any atom is 0.134 e. The minimum absolute atomic E-state index is 0.186. The average molecular weight is 253 g/mol.